The molecule has 0 radical (unpaired) electrons. The highest BCUT2D eigenvalue weighted by atomic mass is 16.2. The van der Waals surface area contributed by atoms with E-state index in [4.69, 9.17) is 0 Å². The summed E-state index contributed by atoms with van der Waals surface area (Å²) < 4.78 is 0. The van der Waals surface area contributed by atoms with Gasteiger partial charge in [0.05, 0.1) is 6.54 Å². The average molecular weight is 291 g/mol. The van der Waals surface area contributed by atoms with Crippen LogP contribution in [0.5, 0.6) is 0 Å². The highest BCUT2D eigenvalue weighted by Crippen LogP contribution is 2.23. The van der Waals surface area contributed by atoms with Gasteiger partial charge in [-0.2, -0.15) is 0 Å². The minimum absolute atomic E-state index is 0.0565. The van der Waals surface area contributed by atoms with Crippen LogP contribution in [0.4, 0.5) is 11.6 Å². The molecule has 6 heteroatoms. The second kappa shape index (κ2) is 6.74. The Balaban J connectivity index is 2.14. The molecule has 0 atom stereocenters. The van der Waals surface area contributed by atoms with E-state index in [1.54, 1.807) is 0 Å². The van der Waals surface area contributed by atoms with Gasteiger partial charge in [0, 0.05) is 32.1 Å². The number of aryl methyl sites for hydroxylation is 1. The molecule has 1 aliphatic carbocycles. The first-order valence-electron chi connectivity index (χ1n) is 7.60. The third-order valence-electron chi connectivity index (χ3n) is 3.56. The van der Waals surface area contributed by atoms with Crippen molar-refractivity contribution in [2.24, 2.45) is 0 Å². The average Bonchev–Trinajstić information content (AvgIpc) is 3.24. The van der Waals surface area contributed by atoms with Crippen molar-refractivity contribution < 1.29 is 4.79 Å². The Morgan fingerprint density at radius 1 is 1.38 bits per heavy atom. The van der Waals surface area contributed by atoms with Crippen LogP contribution in [-0.2, 0) is 11.2 Å². The number of nitrogens with zero attached hydrogens (tertiary/aromatic N) is 3. The fourth-order valence-corrected chi connectivity index (χ4v) is 2.29. The van der Waals surface area contributed by atoms with Crippen molar-refractivity contribution in [2.45, 2.75) is 45.6 Å². The van der Waals surface area contributed by atoms with E-state index in [1.165, 1.54) is 0 Å². The Hall–Kier alpha value is -1.85. The summed E-state index contributed by atoms with van der Waals surface area (Å²) >= 11 is 0. The van der Waals surface area contributed by atoms with Crippen molar-refractivity contribution in [3.63, 3.8) is 0 Å². The molecule has 1 fully saturated rings. The third-order valence-corrected chi connectivity index (χ3v) is 3.56. The molecular weight excluding hydrogens is 266 g/mol. The van der Waals surface area contributed by atoms with Gasteiger partial charge in [0.1, 0.15) is 17.5 Å². The third kappa shape index (κ3) is 4.06. The number of nitrogens with one attached hydrogen (secondary N) is 2. The summed E-state index contributed by atoms with van der Waals surface area (Å²) in [7, 11) is 3.76. The van der Waals surface area contributed by atoms with Crippen LogP contribution in [0.2, 0.25) is 0 Å². The Morgan fingerprint density at radius 2 is 2.10 bits per heavy atom. The van der Waals surface area contributed by atoms with Crippen LogP contribution in [0.3, 0.4) is 0 Å². The van der Waals surface area contributed by atoms with Crippen molar-refractivity contribution >= 4 is 17.5 Å². The number of aromatic nitrogens is 2. The number of carbonyl (C=O) groups excluding carboxylic acids is 1. The zero-order chi connectivity index (χ0) is 15.4. The highest BCUT2D eigenvalue weighted by molar-refractivity contribution is 5.82. The van der Waals surface area contributed by atoms with Gasteiger partial charge in [-0.15, -0.1) is 0 Å². The monoisotopic (exact) mass is 291 g/mol. The smallest absolute Gasteiger partial charge is 0.239 e. The van der Waals surface area contributed by atoms with Gasteiger partial charge in [-0.05, 0) is 26.2 Å². The molecular formula is C15H25N5O. The van der Waals surface area contributed by atoms with Crippen LogP contribution in [0.25, 0.3) is 0 Å². The van der Waals surface area contributed by atoms with Crippen LogP contribution in [0, 0.1) is 6.92 Å². The van der Waals surface area contributed by atoms with Gasteiger partial charge in [-0.1, -0.05) is 6.92 Å². The van der Waals surface area contributed by atoms with E-state index >= 15 is 0 Å². The Labute approximate surface area is 126 Å². The molecule has 1 aromatic heterocycles. The quantitative estimate of drug-likeness (QED) is 0.796. The zero-order valence-corrected chi connectivity index (χ0v) is 13.4. The summed E-state index contributed by atoms with van der Waals surface area (Å²) in [6.45, 7) is 4.41. The Morgan fingerprint density at radius 3 is 2.67 bits per heavy atom. The number of hydrogen-bond acceptors (Lipinski definition) is 5. The number of hydrogen-bond donors (Lipinski definition) is 2. The molecule has 0 saturated heterocycles. The van der Waals surface area contributed by atoms with Gasteiger partial charge in [0.2, 0.25) is 5.91 Å². The molecule has 6 nitrogen and oxygen atoms in total. The lowest BCUT2D eigenvalue weighted by molar-refractivity contribution is -0.119. The van der Waals surface area contributed by atoms with E-state index < -0.39 is 0 Å². The van der Waals surface area contributed by atoms with Crippen LogP contribution in [0.15, 0.2) is 0 Å². The maximum absolute atomic E-state index is 11.9. The normalized spacial score (nSPS) is 13.9. The Bertz CT molecular complexity index is 513. The van der Waals surface area contributed by atoms with Crippen LogP contribution in [0.1, 0.15) is 37.6 Å². The molecule has 0 aromatic carbocycles. The fourth-order valence-electron chi connectivity index (χ4n) is 2.29. The van der Waals surface area contributed by atoms with Crippen LogP contribution < -0.4 is 15.5 Å². The van der Waals surface area contributed by atoms with Gasteiger partial charge in [-0.3, -0.25) is 4.79 Å². The van der Waals surface area contributed by atoms with E-state index in [-0.39, 0.29) is 5.91 Å². The number of anilines is 2. The number of rotatable bonds is 7. The maximum atomic E-state index is 11.9. The minimum Gasteiger partial charge on any atom is -0.373 e. The van der Waals surface area contributed by atoms with Crippen molar-refractivity contribution in [2.75, 3.05) is 30.9 Å². The zero-order valence-electron chi connectivity index (χ0n) is 13.4. The molecule has 1 aliphatic rings. The van der Waals surface area contributed by atoms with Crippen molar-refractivity contribution in [1.82, 2.24) is 15.3 Å². The van der Waals surface area contributed by atoms with Crippen molar-refractivity contribution in [3.05, 3.63) is 11.4 Å². The molecule has 0 aliphatic heterocycles. The molecule has 116 valence electrons. The SMILES string of the molecule is CCCc1nc(NC)c(C)c(N(C)CC(=O)NC2CC2)n1. The summed E-state index contributed by atoms with van der Waals surface area (Å²) in [5.74, 6) is 2.53. The van der Waals surface area contributed by atoms with Crippen LogP contribution in [-0.4, -0.2) is 42.6 Å². The predicted molar refractivity (Wildman–Crippen MR) is 84.7 cm³/mol. The van der Waals surface area contributed by atoms with Gasteiger partial charge in [0.15, 0.2) is 0 Å². The lowest BCUT2D eigenvalue weighted by Crippen LogP contribution is -2.37. The molecule has 2 N–H and O–H groups in total. The second-order valence-corrected chi connectivity index (χ2v) is 5.63. The van der Waals surface area contributed by atoms with E-state index in [2.05, 4.69) is 27.5 Å². The molecule has 21 heavy (non-hydrogen) atoms. The standard InChI is InChI=1S/C15H25N5O/c1-5-6-12-18-14(16-3)10(2)15(19-12)20(4)9-13(21)17-11-7-8-11/h11H,5-9H2,1-4H3,(H,17,21)(H,16,18,19). The molecule has 1 saturated carbocycles. The first-order chi connectivity index (χ1) is 10.0. The molecule has 1 heterocycles. The first-order valence-corrected chi connectivity index (χ1v) is 7.60. The lowest BCUT2D eigenvalue weighted by Gasteiger charge is -2.21. The number of carbonyl (C=O) groups is 1. The molecule has 0 bridgehead atoms. The topological polar surface area (TPSA) is 70.2 Å². The second-order valence-electron chi connectivity index (χ2n) is 5.63. The van der Waals surface area contributed by atoms with Crippen molar-refractivity contribution in [3.8, 4) is 0 Å². The maximum Gasteiger partial charge on any atom is 0.239 e. The van der Waals surface area contributed by atoms with Gasteiger partial charge >= 0.3 is 0 Å². The van der Waals surface area contributed by atoms with Gasteiger partial charge < -0.3 is 15.5 Å². The first kappa shape index (κ1) is 15.5. The number of amides is 1. The summed E-state index contributed by atoms with van der Waals surface area (Å²) in [5, 5.41) is 6.11. The van der Waals surface area contributed by atoms with Gasteiger partial charge in [-0.25, -0.2) is 9.97 Å². The number of likely N-dealkylation sites (N-methyl/N-ethyl adjacent to an activating group) is 1. The lowest BCUT2D eigenvalue weighted by atomic mass is 10.2. The summed E-state index contributed by atoms with van der Waals surface area (Å²) in [6, 6.07) is 0.390. The van der Waals surface area contributed by atoms with Crippen LogP contribution >= 0.6 is 0 Å². The Kier molecular flexibility index (Phi) is 4.98. The highest BCUT2D eigenvalue weighted by Gasteiger charge is 2.24. The molecule has 2 rings (SSSR count). The summed E-state index contributed by atoms with van der Waals surface area (Å²) in [5.41, 5.74) is 0.971. The largest absolute Gasteiger partial charge is 0.373 e. The molecule has 1 aromatic rings. The van der Waals surface area contributed by atoms with E-state index in [0.29, 0.717) is 12.6 Å². The van der Waals surface area contributed by atoms with Crippen molar-refractivity contribution in [1.29, 1.82) is 0 Å². The molecule has 0 unspecified atom stereocenters. The fraction of sp³-hybridized carbons (Fsp3) is 0.667. The molecule has 0 spiro atoms. The van der Waals surface area contributed by atoms with E-state index in [1.807, 2.05) is 25.9 Å². The van der Waals surface area contributed by atoms with Gasteiger partial charge in [0.25, 0.3) is 0 Å². The molecule has 1 amide bonds. The summed E-state index contributed by atoms with van der Waals surface area (Å²) in [6.07, 6.45) is 4.04. The summed E-state index contributed by atoms with van der Waals surface area (Å²) in [4.78, 5) is 23.0. The van der Waals surface area contributed by atoms with E-state index in [0.717, 1.165) is 48.7 Å². The predicted octanol–water partition coefficient (Wildman–Crippen LogP) is 1.49. The minimum atomic E-state index is 0.0565. The van der Waals surface area contributed by atoms with E-state index in [9.17, 15) is 4.79 Å².